The molecule has 0 bridgehead atoms. The van der Waals surface area contributed by atoms with Crippen molar-refractivity contribution in [3.05, 3.63) is 51.7 Å². The van der Waals surface area contributed by atoms with E-state index in [4.69, 9.17) is 10.2 Å². The Bertz CT molecular complexity index is 663. The summed E-state index contributed by atoms with van der Waals surface area (Å²) in [5.74, 6) is -1.16. The third kappa shape index (κ3) is 6.05. The number of hydrogen-bond acceptors (Lipinski definition) is 6. The number of anilines is 1. The standard InChI is InChI=1S/C17H19NO4S.Na/c19-11-9-18(10-12-20)14-4-1-13(2-5-14)3-6-15-7-8-16(23-15)17(21)22;/h1-8,19-20H,9-12H2,(H,21,22);/q;+1/p-1/b6-3+;. The molecule has 5 nitrogen and oxygen atoms in total. The van der Waals surface area contributed by atoms with E-state index in [1.165, 1.54) is 17.4 Å². The smallest absolute Gasteiger partial charge is 0.544 e. The molecule has 122 valence electrons. The zero-order valence-electron chi connectivity index (χ0n) is 13.5. The number of aliphatic hydroxyl groups is 2. The first kappa shape index (κ1) is 20.9. The van der Waals surface area contributed by atoms with Crippen molar-refractivity contribution in [2.75, 3.05) is 31.2 Å². The minimum atomic E-state index is -1.16. The Kier molecular flexibility index (Phi) is 9.28. The summed E-state index contributed by atoms with van der Waals surface area (Å²) < 4.78 is 0. The van der Waals surface area contributed by atoms with E-state index in [1.807, 2.05) is 41.3 Å². The van der Waals surface area contributed by atoms with Gasteiger partial charge >= 0.3 is 29.6 Å². The number of aromatic carboxylic acids is 1. The Morgan fingerprint density at radius 1 is 1.04 bits per heavy atom. The molecule has 2 aromatic rings. The van der Waals surface area contributed by atoms with E-state index in [-0.39, 0.29) is 47.6 Å². The van der Waals surface area contributed by atoms with Gasteiger partial charge in [0.05, 0.1) is 24.1 Å². The van der Waals surface area contributed by atoms with Gasteiger partial charge in [-0.1, -0.05) is 18.2 Å². The number of carboxylic acid groups (broad SMARTS) is 1. The molecule has 0 aliphatic rings. The molecule has 0 amide bonds. The van der Waals surface area contributed by atoms with Crippen molar-refractivity contribution in [3.8, 4) is 0 Å². The second-order valence-corrected chi connectivity index (χ2v) is 5.96. The van der Waals surface area contributed by atoms with Crippen LogP contribution in [0.25, 0.3) is 12.2 Å². The second-order valence-electron chi connectivity index (χ2n) is 4.85. The Morgan fingerprint density at radius 2 is 1.67 bits per heavy atom. The maximum absolute atomic E-state index is 10.7. The van der Waals surface area contributed by atoms with Gasteiger partial charge in [0, 0.05) is 23.7 Å². The number of carbonyl (C=O) groups excluding carboxylic acids is 1. The molecule has 0 spiro atoms. The van der Waals surface area contributed by atoms with Crippen molar-refractivity contribution >= 4 is 35.1 Å². The molecule has 0 saturated carbocycles. The zero-order valence-corrected chi connectivity index (χ0v) is 16.3. The maximum atomic E-state index is 10.7. The van der Waals surface area contributed by atoms with Gasteiger partial charge in [-0.25, -0.2) is 0 Å². The summed E-state index contributed by atoms with van der Waals surface area (Å²) in [5.41, 5.74) is 1.91. The van der Waals surface area contributed by atoms with Gasteiger partial charge in [0.25, 0.3) is 0 Å². The number of carbonyl (C=O) groups is 1. The van der Waals surface area contributed by atoms with Crippen molar-refractivity contribution in [1.29, 1.82) is 0 Å². The van der Waals surface area contributed by atoms with Crippen LogP contribution in [0.4, 0.5) is 5.69 Å². The predicted octanol–water partition coefficient (Wildman–Crippen LogP) is -1.92. The molecular formula is C17H18NNaO4S. The minimum Gasteiger partial charge on any atom is -0.544 e. The molecule has 0 aliphatic heterocycles. The molecule has 1 aromatic carbocycles. The summed E-state index contributed by atoms with van der Waals surface area (Å²) in [6, 6.07) is 11.0. The van der Waals surface area contributed by atoms with Crippen LogP contribution in [0, 0.1) is 0 Å². The number of benzene rings is 1. The van der Waals surface area contributed by atoms with Gasteiger partial charge in [-0.05, 0) is 35.9 Å². The van der Waals surface area contributed by atoms with Gasteiger partial charge in [0.15, 0.2) is 0 Å². The molecule has 2 rings (SSSR count). The number of aliphatic hydroxyl groups excluding tert-OH is 2. The average molecular weight is 355 g/mol. The van der Waals surface area contributed by atoms with Crippen molar-refractivity contribution in [2.24, 2.45) is 0 Å². The summed E-state index contributed by atoms with van der Waals surface area (Å²) in [6.07, 6.45) is 3.75. The molecule has 0 saturated heterocycles. The van der Waals surface area contributed by atoms with Crippen LogP contribution in [-0.4, -0.2) is 42.5 Å². The van der Waals surface area contributed by atoms with Gasteiger partial charge in [-0.2, -0.15) is 0 Å². The van der Waals surface area contributed by atoms with Crippen LogP contribution in [0.2, 0.25) is 0 Å². The van der Waals surface area contributed by atoms with Gasteiger partial charge in [-0.3, -0.25) is 0 Å². The monoisotopic (exact) mass is 355 g/mol. The SMILES string of the molecule is O=C([O-])c1ccc(/C=C/c2ccc(N(CCO)CCO)cc2)s1.[Na+]. The van der Waals surface area contributed by atoms with E-state index in [1.54, 1.807) is 6.07 Å². The minimum absolute atomic E-state index is 0. The number of thiophene rings is 1. The van der Waals surface area contributed by atoms with Crippen molar-refractivity contribution in [1.82, 2.24) is 0 Å². The molecule has 0 radical (unpaired) electrons. The van der Waals surface area contributed by atoms with Crippen LogP contribution in [0.5, 0.6) is 0 Å². The molecule has 1 aromatic heterocycles. The predicted molar refractivity (Wildman–Crippen MR) is 90.4 cm³/mol. The summed E-state index contributed by atoms with van der Waals surface area (Å²) in [5, 5.41) is 28.8. The topological polar surface area (TPSA) is 83.8 Å². The maximum Gasteiger partial charge on any atom is 1.00 e. The number of carboxylic acids is 1. The number of rotatable bonds is 8. The number of hydrogen-bond donors (Lipinski definition) is 2. The normalized spacial score (nSPS) is 10.6. The Morgan fingerprint density at radius 3 is 2.17 bits per heavy atom. The fraction of sp³-hybridized carbons (Fsp3) is 0.235. The first-order valence-electron chi connectivity index (χ1n) is 7.20. The Labute approximate surface area is 167 Å². The fourth-order valence-corrected chi connectivity index (χ4v) is 2.88. The quantitative estimate of drug-likeness (QED) is 0.539. The van der Waals surface area contributed by atoms with E-state index < -0.39 is 5.97 Å². The Balaban J connectivity index is 0.00000288. The number of nitrogens with zero attached hydrogens (tertiary/aromatic N) is 1. The van der Waals surface area contributed by atoms with Gasteiger partial charge in [0.1, 0.15) is 0 Å². The van der Waals surface area contributed by atoms with E-state index in [0.29, 0.717) is 13.1 Å². The molecular weight excluding hydrogens is 337 g/mol. The molecule has 7 heteroatoms. The summed E-state index contributed by atoms with van der Waals surface area (Å²) in [7, 11) is 0. The zero-order chi connectivity index (χ0) is 16.7. The molecule has 0 unspecified atom stereocenters. The van der Waals surface area contributed by atoms with Crippen LogP contribution in [0.3, 0.4) is 0 Å². The average Bonchev–Trinajstić information content (AvgIpc) is 3.02. The Hall–Kier alpha value is -1.15. The van der Waals surface area contributed by atoms with Gasteiger partial charge in [-0.15, -0.1) is 11.3 Å². The molecule has 2 N–H and O–H groups in total. The third-order valence-corrected chi connectivity index (χ3v) is 4.30. The van der Waals surface area contributed by atoms with Gasteiger partial charge in [0.2, 0.25) is 0 Å². The summed E-state index contributed by atoms with van der Waals surface area (Å²) >= 11 is 1.17. The van der Waals surface area contributed by atoms with E-state index >= 15 is 0 Å². The van der Waals surface area contributed by atoms with Crippen LogP contribution < -0.4 is 39.6 Å². The molecule has 24 heavy (non-hydrogen) atoms. The summed E-state index contributed by atoms with van der Waals surface area (Å²) in [6.45, 7) is 0.996. The van der Waals surface area contributed by atoms with Crippen LogP contribution in [0.1, 0.15) is 20.1 Å². The molecule has 0 fully saturated rings. The molecule has 0 aliphatic carbocycles. The van der Waals surface area contributed by atoms with E-state index in [2.05, 4.69) is 0 Å². The first-order valence-corrected chi connectivity index (χ1v) is 8.01. The van der Waals surface area contributed by atoms with Crippen molar-refractivity contribution in [3.63, 3.8) is 0 Å². The third-order valence-electron chi connectivity index (χ3n) is 3.27. The summed E-state index contributed by atoms with van der Waals surface area (Å²) in [4.78, 5) is 13.7. The molecule has 0 atom stereocenters. The van der Waals surface area contributed by atoms with Crippen LogP contribution >= 0.6 is 11.3 Å². The van der Waals surface area contributed by atoms with Crippen LogP contribution in [-0.2, 0) is 0 Å². The fourth-order valence-electron chi connectivity index (χ4n) is 2.14. The van der Waals surface area contributed by atoms with E-state index in [0.717, 1.165) is 16.1 Å². The van der Waals surface area contributed by atoms with Gasteiger partial charge < -0.3 is 25.0 Å². The van der Waals surface area contributed by atoms with Crippen molar-refractivity contribution < 1.29 is 49.7 Å². The second kappa shape index (κ2) is 10.7. The van der Waals surface area contributed by atoms with Crippen molar-refractivity contribution in [2.45, 2.75) is 0 Å². The largest absolute Gasteiger partial charge is 1.00 e. The first-order chi connectivity index (χ1) is 11.1. The molecule has 1 heterocycles. The van der Waals surface area contributed by atoms with E-state index in [9.17, 15) is 9.90 Å². The van der Waals surface area contributed by atoms with Crippen LogP contribution in [0.15, 0.2) is 36.4 Å².